The number of carbonyl (C=O) groups excluding carboxylic acids is 2. The predicted molar refractivity (Wildman–Crippen MR) is 124 cm³/mol. The number of nitrogens with zero attached hydrogens (tertiary/aromatic N) is 1. The molecule has 9 heteroatoms. The van der Waals surface area contributed by atoms with Gasteiger partial charge in [0.25, 0.3) is 5.91 Å². The molecule has 4 rings (SSSR count). The lowest BCUT2D eigenvalue weighted by atomic mass is 10.1. The minimum atomic E-state index is -4.46. The van der Waals surface area contributed by atoms with Gasteiger partial charge in [0, 0.05) is 22.8 Å². The third-order valence-electron chi connectivity index (χ3n) is 5.19. The second-order valence-electron chi connectivity index (χ2n) is 7.59. The summed E-state index contributed by atoms with van der Waals surface area (Å²) in [6, 6.07) is 17.9. The Labute approximate surface area is 198 Å². The van der Waals surface area contributed by atoms with Gasteiger partial charge in [0.15, 0.2) is 0 Å². The molecule has 1 heterocycles. The van der Waals surface area contributed by atoms with Gasteiger partial charge in [-0.05, 0) is 73.7 Å². The largest absolute Gasteiger partial charge is 0.465 e. The third kappa shape index (κ3) is 5.63. The number of hydrogen-bond donors (Lipinski definition) is 1. The minimum absolute atomic E-state index is 0.0914. The number of carbonyl (C=O) groups is 2. The van der Waals surface area contributed by atoms with Crippen LogP contribution in [0, 0.1) is 0 Å². The summed E-state index contributed by atoms with van der Waals surface area (Å²) in [5.41, 5.74) is 0.566. The Bertz CT molecular complexity index is 1340. The number of rotatable bonds is 7. The van der Waals surface area contributed by atoms with E-state index in [1.54, 1.807) is 48.0 Å². The maximum absolute atomic E-state index is 12.7. The smallest absolute Gasteiger partial charge is 0.416 e. The van der Waals surface area contributed by atoms with Crippen LogP contribution in [0.2, 0.25) is 0 Å². The van der Waals surface area contributed by atoms with Gasteiger partial charge < -0.3 is 19.4 Å². The minimum Gasteiger partial charge on any atom is -0.465 e. The van der Waals surface area contributed by atoms with Crippen molar-refractivity contribution in [2.24, 2.45) is 0 Å². The summed E-state index contributed by atoms with van der Waals surface area (Å²) >= 11 is 0. The lowest BCUT2D eigenvalue weighted by Gasteiger charge is -2.10. The second-order valence-corrected chi connectivity index (χ2v) is 7.59. The molecule has 0 unspecified atom stereocenters. The molecule has 0 aliphatic rings. The van der Waals surface area contributed by atoms with E-state index >= 15 is 0 Å². The normalized spacial score (nSPS) is 11.3. The first-order valence-corrected chi connectivity index (χ1v) is 10.7. The molecule has 3 aromatic carbocycles. The molecule has 0 spiro atoms. The van der Waals surface area contributed by atoms with Gasteiger partial charge in [0.05, 0.1) is 17.7 Å². The van der Waals surface area contributed by atoms with Crippen LogP contribution >= 0.6 is 0 Å². The van der Waals surface area contributed by atoms with E-state index in [-0.39, 0.29) is 18.1 Å². The highest BCUT2D eigenvalue weighted by atomic mass is 19.4. The molecule has 1 aromatic heterocycles. The van der Waals surface area contributed by atoms with Crippen molar-refractivity contribution in [1.82, 2.24) is 4.57 Å². The maximum Gasteiger partial charge on any atom is 0.416 e. The number of fused-ring (bicyclic) bond motifs is 1. The summed E-state index contributed by atoms with van der Waals surface area (Å²) in [6.45, 7) is 2.16. The summed E-state index contributed by atoms with van der Waals surface area (Å²) < 4.78 is 50.9. The predicted octanol–water partition coefficient (Wildman–Crippen LogP) is 6.27. The fourth-order valence-electron chi connectivity index (χ4n) is 3.51. The van der Waals surface area contributed by atoms with Gasteiger partial charge in [-0.2, -0.15) is 13.2 Å². The fourth-order valence-corrected chi connectivity index (χ4v) is 3.51. The van der Waals surface area contributed by atoms with Crippen molar-refractivity contribution in [1.29, 1.82) is 0 Å². The molecule has 0 saturated carbocycles. The SMILES string of the molecule is CCOC(=O)Cn1ccc2c(Oc3ccc(NC(=O)c4ccc(C(F)(F)F)cc4)cc3)cccc21. The molecule has 0 aliphatic heterocycles. The van der Waals surface area contributed by atoms with Gasteiger partial charge in [-0.15, -0.1) is 0 Å². The average Bonchev–Trinajstić information content (AvgIpc) is 3.23. The monoisotopic (exact) mass is 482 g/mol. The summed E-state index contributed by atoms with van der Waals surface area (Å²) in [4.78, 5) is 24.2. The topological polar surface area (TPSA) is 69.6 Å². The van der Waals surface area contributed by atoms with Crippen LogP contribution in [0.3, 0.4) is 0 Å². The number of benzene rings is 3. The van der Waals surface area contributed by atoms with E-state index < -0.39 is 17.6 Å². The Morgan fingerprint density at radius 3 is 2.31 bits per heavy atom. The number of hydrogen-bond acceptors (Lipinski definition) is 4. The van der Waals surface area contributed by atoms with E-state index in [0.29, 0.717) is 23.8 Å². The number of halogens is 3. The number of anilines is 1. The van der Waals surface area contributed by atoms with Crippen molar-refractivity contribution < 1.29 is 32.2 Å². The first kappa shape index (κ1) is 23.9. The van der Waals surface area contributed by atoms with Crippen molar-refractivity contribution in [2.75, 3.05) is 11.9 Å². The Balaban J connectivity index is 1.43. The van der Waals surface area contributed by atoms with E-state index in [4.69, 9.17) is 9.47 Å². The number of esters is 1. The average molecular weight is 482 g/mol. The van der Waals surface area contributed by atoms with Crippen LogP contribution in [0.15, 0.2) is 79.0 Å². The zero-order valence-electron chi connectivity index (χ0n) is 18.6. The van der Waals surface area contributed by atoms with Gasteiger partial charge in [-0.25, -0.2) is 0 Å². The van der Waals surface area contributed by atoms with Crippen LogP contribution in [0.4, 0.5) is 18.9 Å². The van der Waals surface area contributed by atoms with Crippen LogP contribution in [0.25, 0.3) is 10.9 Å². The molecular weight excluding hydrogens is 461 g/mol. The van der Waals surface area contributed by atoms with Crippen LogP contribution in [-0.2, 0) is 22.3 Å². The van der Waals surface area contributed by atoms with Crippen LogP contribution in [0.1, 0.15) is 22.8 Å². The van der Waals surface area contributed by atoms with E-state index in [1.807, 2.05) is 18.2 Å². The Hall–Kier alpha value is -4.27. The van der Waals surface area contributed by atoms with E-state index in [0.717, 1.165) is 35.2 Å². The molecule has 0 radical (unpaired) electrons. The summed E-state index contributed by atoms with van der Waals surface area (Å²) in [5.74, 6) is 0.250. The first-order chi connectivity index (χ1) is 16.7. The summed E-state index contributed by atoms with van der Waals surface area (Å²) in [5, 5.41) is 3.46. The molecule has 6 nitrogen and oxygen atoms in total. The first-order valence-electron chi connectivity index (χ1n) is 10.7. The highest BCUT2D eigenvalue weighted by Crippen LogP contribution is 2.32. The standard InChI is InChI=1S/C26H21F3N2O4/c1-2-34-24(32)16-31-15-14-21-22(31)4-3-5-23(21)35-20-12-10-19(11-13-20)30-25(33)17-6-8-18(9-7-17)26(27,28)29/h3-15H,2,16H2,1H3,(H,30,33). The van der Waals surface area contributed by atoms with Crippen molar-refractivity contribution in [3.8, 4) is 11.5 Å². The number of ether oxygens (including phenoxy) is 2. The molecule has 1 amide bonds. The molecule has 0 atom stereocenters. The van der Waals surface area contributed by atoms with Gasteiger partial charge in [-0.1, -0.05) is 6.07 Å². The van der Waals surface area contributed by atoms with Gasteiger partial charge in [0.2, 0.25) is 0 Å². The number of nitrogens with one attached hydrogen (secondary N) is 1. The molecule has 0 fully saturated rings. The summed E-state index contributed by atoms with van der Waals surface area (Å²) in [6.07, 6.45) is -2.67. The molecule has 180 valence electrons. The van der Waals surface area contributed by atoms with Crippen molar-refractivity contribution >= 4 is 28.5 Å². The lowest BCUT2D eigenvalue weighted by Crippen LogP contribution is -2.12. The van der Waals surface area contributed by atoms with Crippen LogP contribution < -0.4 is 10.1 Å². The van der Waals surface area contributed by atoms with Crippen molar-refractivity contribution in [2.45, 2.75) is 19.6 Å². The molecule has 0 bridgehead atoms. The molecule has 1 N–H and O–H groups in total. The number of aromatic nitrogens is 1. The zero-order chi connectivity index (χ0) is 25.0. The van der Waals surface area contributed by atoms with E-state index in [9.17, 15) is 22.8 Å². The third-order valence-corrected chi connectivity index (χ3v) is 5.19. The Morgan fingerprint density at radius 1 is 0.943 bits per heavy atom. The van der Waals surface area contributed by atoms with Crippen LogP contribution in [-0.4, -0.2) is 23.1 Å². The van der Waals surface area contributed by atoms with Crippen molar-refractivity contribution in [3.05, 3.63) is 90.1 Å². The molecule has 0 aliphatic carbocycles. The van der Waals surface area contributed by atoms with Gasteiger partial charge >= 0.3 is 12.1 Å². The maximum atomic E-state index is 12.7. The highest BCUT2D eigenvalue weighted by molar-refractivity contribution is 6.04. The second kappa shape index (κ2) is 9.92. The van der Waals surface area contributed by atoms with Crippen LogP contribution in [0.5, 0.6) is 11.5 Å². The van der Waals surface area contributed by atoms with E-state index in [2.05, 4.69) is 5.32 Å². The molecule has 35 heavy (non-hydrogen) atoms. The Kier molecular flexibility index (Phi) is 6.77. The summed E-state index contributed by atoms with van der Waals surface area (Å²) in [7, 11) is 0. The number of amides is 1. The number of alkyl halides is 3. The Morgan fingerprint density at radius 2 is 1.66 bits per heavy atom. The zero-order valence-corrected chi connectivity index (χ0v) is 18.6. The van der Waals surface area contributed by atoms with E-state index in [1.165, 1.54) is 0 Å². The molecular formula is C26H21F3N2O4. The quantitative estimate of drug-likeness (QED) is 0.315. The van der Waals surface area contributed by atoms with Crippen molar-refractivity contribution in [3.63, 3.8) is 0 Å². The molecule has 4 aromatic rings. The highest BCUT2D eigenvalue weighted by Gasteiger charge is 2.30. The lowest BCUT2D eigenvalue weighted by molar-refractivity contribution is -0.143. The van der Waals surface area contributed by atoms with Gasteiger partial charge in [-0.3, -0.25) is 9.59 Å². The fraction of sp³-hybridized carbons (Fsp3) is 0.154. The molecule has 0 saturated heterocycles. The van der Waals surface area contributed by atoms with Gasteiger partial charge in [0.1, 0.15) is 18.0 Å².